The predicted octanol–water partition coefficient (Wildman–Crippen LogP) is 10.4. The van der Waals surface area contributed by atoms with Crippen LogP contribution in [0.1, 0.15) is 180 Å². The van der Waals surface area contributed by atoms with Gasteiger partial charge in [-0.1, -0.05) is 154 Å². The van der Waals surface area contributed by atoms with Crippen LogP contribution < -0.4 is 0 Å². The Morgan fingerprint density at radius 3 is 0.830 bits per heavy atom. The van der Waals surface area contributed by atoms with Crippen LogP contribution in [0, 0.1) is 0 Å². The highest BCUT2D eigenvalue weighted by molar-refractivity contribution is 5.81. The van der Waals surface area contributed by atoms with Crippen LogP contribution in [0.4, 0.5) is 0 Å². The van der Waals surface area contributed by atoms with Crippen LogP contribution in [0.5, 0.6) is 0 Å². The van der Waals surface area contributed by atoms with E-state index in [1.165, 1.54) is 115 Å². The largest absolute Gasteiger partial charge is 0.463 e. The summed E-state index contributed by atoms with van der Waals surface area (Å²) in [7, 11) is 0. The molecular weight excluding hydrogens is 596 g/mol. The van der Waals surface area contributed by atoms with E-state index in [-0.39, 0.29) is 30.7 Å². The number of carbonyl (C=O) groups excluding carboxylic acids is 4. The van der Waals surface area contributed by atoms with Gasteiger partial charge in [0, 0.05) is 25.0 Å². The van der Waals surface area contributed by atoms with Crippen molar-refractivity contribution in [3.63, 3.8) is 0 Å². The zero-order valence-corrected chi connectivity index (χ0v) is 29.8. The minimum Gasteiger partial charge on any atom is -0.463 e. The lowest BCUT2D eigenvalue weighted by Crippen LogP contribution is -2.12. The molecular formula is C39H68O8. The van der Waals surface area contributed by atoms with E-state index in [0.717, 1.165) is 64.2 Å². The van der Waals surface area contributed by atoms with E-state index in [9.17, 15) is 19.2 Å². The predicted molar refractivity (Wildman–Crippen MR) is 189 cm³/mol. The maximum Gasteiger partial charge on any atom is 0.330 e. The molecule has 0 bridgehead atoms. The Labute approximate surface area is 286 Å². The molecule has 0 heterocycles. The van der Waals surface area contributed by atoms with Gasteiger partial charge in [0.2, 0.25) is 6.79 Å². The minimum atomic E-state index is -0.336. The summed E-state index contributed by atoms with van der Waals surface area (Å²) in [5.74, 6) is -1.26. The molecule has 0 rings (SSSR count). The second kappa shape index (κ2) is 36.2. The van der Waals surface area contributed by atoms with Crippen molar-refractivity contribution >= 4 is 23.9 Å². The summed E-state index contributed by atoms with van der Waals surface area (Å²) in [6, 6.07) is 0. The fourth-order valence-corrected chi connectivity index (χ4v) is 5.40. The fourth-order valence-electron chi connectivity index (χ4n) is 5.40. The van der Waals surface area contributed by atoms with Crippen LogP contribution in [0.3, 0.4) is 0 Å². The van der Waals surface area contributed by atoms with Crippen molar-refractivity contribution in [3.8, 4) is 0 Å². The summed E-state index contributed by atoms with van der Waals surface area (Å²) >= 11 is 0. The van der Waals surface area contributed by atoms with Gasteiger partial charge < -0.3 is 18.9 Å². The normalized spacial score (nSPS) is 10.7. The van der Waals surface area contributed by atoms with Crippen LogP contribution in [0.2, 0.25) is 0 Å². The monoisotopic (exact) mass is 664 g/mol. The van der Waals surface area contributed by atoms with Gasteiger partial charge in [-0.25, -0.2) is 9.59 Å². The molecule has 0 unspecified atom stereocenters. The third-order valence-electron chi connectivity index (χ3n) is 8.31. The average Bonchev–Trinajstić information content (AvgIpc) is 3.07. The van der Waals surface area contributed by atoms with Crippen LogP contribution in [-0.2, 0) is 38.1 Å². The second-order valence-electron chi connectivity index (χ2n) is 12.6. The van der Waals surface area contributed by atoms with Gasteiger partial charge in [-0.3, -0.25) is 9.59 Å². The SMILES string of the molecule is C=CC(=O)OCCCCCCCCCCCCCCCC(=O)OCOC(=O)CCCCCCCCCCCCCCCOC(=O)C=C. The highest BCUT2D eigenvalue weighted by Crippen LogP contribution is 2.15. The third kappa shape index (κ3) is 36.0. The van der Waals surface area contributed by atoms with E-state index in [1.807, 2.05) is 0 Å². The van der Waals surface area contributed by atoms with Gasteiger partial charge in [-0.05, 0) is 25.7 Å². The fraction of sp³-hybridized carbons (Fsp3) is 0.795. The molecule has 0 saturated carbocycles. The van der Waals surface area contributed by atoms with Gasteiger partial charge in [-0.2, -0.15) is 0 Å². The van der Waals surface area contributed by atoms with E-state index in [2.05, 4.69) is 13.2 Å². The smallest absolute Gasteiger partial charge is 0.330 e. The highest BCUT2D eigenvalue weighted by Gasteiger charge is 2.07. The van der Waals surface area contributed by atoms with Gasteiger partial charge in [-0.15, -0.1) is 0 Å². The number of carbonyl (C=O) groups is 4. The summed E-state index contributed by atoms with van der Waals surface area (Å²) in [4.78, 5) is 45.7. The summed E-state index contributed by atoms with van der Waals surface area (Å²) in [6.07, 6.45) is 33.2. The molecule has 0 aliphatic rings. The number of unbranched alkanes of at least 4 members (excludes halogenated alkanes) is 24. The Kier molecular flexibility index (Phi) is 34.2. The number of ether oxygens (including phenoxy) is 4. The van der Waals surface area contributed by atoms with Crippen LogP contribution in [-0.4, -0.2) is 43.9 Å². The Balaban J connectivity index is 3.29. The van der Waals surface area contributed by atoms with Crippen LogP contribution >= 0.6 is 0 Å². The first kappa shape index (κ1) is 44.4. The Bertz CT molecular complexity index is 730. The molecule has 0 N–H and O–H groups in total. The van der Waals surface area contributed by atoms with Gasteiger partial charge >= 0.3 is 23.9 Å². The Morgan fingerprint density at radius 1 is 0.340 bits per heavy atom. The zero-order chi connectivity index (χ0) is 34.5. The standard InChI is InChI=1S/C39H68O8/c1-3-36(40)44-33-29-25-21-17-13-9-5-7-11-15-19-23-27-31-38(42)46-35-47-39(43)32-28-24-20-16-12-8-6-10-14-18-22-26-30-34-45-37(41)4-2/h3-4H,1-2,5-35H2. The van der Waals surface area contributed by atoms with E-state index in [1.54, 1.807) is 0 Å². The van der Waals surface area contributed by atoms with Crippen LogP contribution in [0.25, 0.3) is 0 Å². The first-order valence-electron chi connectivity index (χ1n) is 18.9. The minimum absolute atomic E-state index is 0.270. The maximum atomic E-state index is 11.9. The van der Waals surface area contributed by atoms with Gasteiger partial charge in [0.25, 0.3) is 0 Å². The molecule has 47 heavy (non-hydrogen) atoms. The van der Waals surface area contributed by atoms with Crippen molar-refractivity contribution in [2.45, 2.75) is 180 Å². The number of esters is 4. The molecule has 0 aromatic rings. The van der Waals surface area contributed by atoms with Crippen molar-refractivity contribution in [1.82, 2.24) is 0 Å². The number of hydrogen-bond acceptors (Lipinski definition) is 8. The summed E-state index contributed by atoms with van der Waals surface area (Å²) in [6.45, 7) is 7.49. The summed E-state index contributed by atoms with van der Waals surface area (Å²) in [5.41, 5.74) is 0. The van der Waals surface area contributed by atoms with E-state index in [4.69, 9.17) is 18.9 Å². The van der Waals surface area contributed by atoms with E-state index < -0.39 is 0 Å². The molecule has 8 nitrogen and oxygen atoms in total. The quantitative estimate of drug-likeness (QED) is 0.0214. The van der Waals surface area contributed by atoms with Crippen molar-refractivity contribution in [2.24, 2.45) is 0 Å². The van der Waals surface area contributed by atoms with Gasteiger partial charge in [0.15, 0.2) is 0 Å². The Morgan fingerprint density at radius 2 is 0.574 bits per heavy atom. The van der Waals surface area contributed by atoms with E-state index in [0.29, 0.717) is 26.1 Å². The van der Waals surface area contributed by atoms with Crippen molar-refractivity contribution in [2.75, 3.05) is 20.0 Å². The maximum absolute atomic E-state index is 11.9. The molecule has 0 aromatic carbocycles. The highest BCUT2D eigenvalue weighted by atomic mass is 16.7. The molecule has 0 spiro atoms. The summed E-state index contributed by atoms with van der Waals surface area (Å²) < 4.78 is 20.1. The third-order valence-corrected chi connectivity index (χ3v) is 8.31. The van der Waals surface area contributed by atoms with Crippen molar-refractivity contribution in [1.29, 1.82) is 0 Å². The van der Waals surface area contributed by atoms with Crippen molar-refractivity contribution in [3.05, 3.63) is 25.3 Å². The Hall–Kier alpha value is -2.64. The molecule has 0 fully saturated rings. The van der Waals surface area contributed by atoms with Crippen LogP contribution in [0.15, 0.2) is 25.3 Å². The molecule has 0 amide bonds. The van der Waals surface area contributed by atoms with Crippen molar-refractivity contribution < 1.29 is 38.1 Å². The molecule has 0 saturated heterocycles. The van der Waals surface area contributed by atoms with E-state index >= 15 is 0 Å². The zero-order valence-electron chi connectivity index (χ0n) is 29.8. The molecule has 8 heteroatoms. The molecule has 0 radical (unpaired) electrons. The molecule has 272 valence electrons. The van der Waals surface area contributed by atoms with Gasteiger partial charge in [0.1, 0.15) is 0 Å². The molecule has 0 aromatic heterocycles. The molecule has 0 aliphatic heterocycles. The lowest BCUT2D eigenvalue weighted by Gasteiger charge is -2.07. The number of rotatable bonds is 36. The van der Waals surface area contributed by atoms with Gasteiger partial charge in [0.05, 0.1) is 13.2 Å². The average molecular weight is 665 g/mol. The summed E-state index contributed by atoms with van der Waals surface area (Å²) in [5, 5.41) is 0. The lowest BCUT2D eigenvalue weighted by atomic mass is 10.0. The topological polar surface area (TPSA) is 105 Å². The number of hydrogen-bond donors (Lipinski definition) is 0. The second-order valence-corrected chi connectivity index (χ2v) is 12.6. The first-order valence-corrected chi connectivity index (χ1v) is 18.9. The lowest BCUT2D eigenvalue weighted by molar-refractivity contribution is -0.167. The molecule has 0 aliphatic carbocycles. The molecule has 0 atom stereocenters. The first-order chi connectivity index (χ1) is 23.0.